The zero-order chi connectivity index (χ0) is 23.1. The minimum atomic E-state index is -0.698. The number of hydrogen-bond acceptors (Lipinski definition) is 8. The molecule has 32 heavy (non-hydrogen) atoms. The van der Waals surface area contributed by atoms with Crippen molar-refractivity contribution in [3.63, 3.8) is 0 Å². The number of para-hydroxylation sites is 2. The van der Waals surface area contributed by atoms with E-state index in [1.165, 1.54) is 18.4 Å². The van der Waals surface area contributed by atoms with Gasteiger partial charge in [0, 0.05) is 4.88 Å². The van der Waals surface area contributed by atoms with E-state index in [-0.39, 0.29) is 12.7 Å². The number of fused-ring (bicyclic) bond motifs is 1. The van der Waals surface area contributed by atoms with Gasteiger partial charge in [0.15, 0.2) is 24.7 Å². The van der Waals surface area contributed by atoms with Crippen molar-refractivity contribution in [3.8, 4) is 11.5 Å². The average molecular weight is 462 g/mol. The second kappa shape index (κ2) is 11.0. The van der Waals surface area contributed by atoms with E-state index >= 15 is 0 Å². The number of nitrogens with one attached hydrogen (secondary N) is 1. The quantitative estimate of drug-likeness (QED) is 0.568. The van der Waals surface area contributed by atoms with Gasteiger partial charge in [-0.2, -0.15) is 0 Å². The summed E-state index contributed by atoms with van der Waals surface area (Å²) in [5.74, 6) is -0.796. The maximum atomic E-state index is 12.6. The van der Waals surface area contributed by atoms with Crippen LogP contribution < -0.4 is 14.8 Å². The number of thiophene rings is 1. The molecule has 1 aromatic heterocycles. The summed E-state index contributed by atoms with van der Waals surface area (Å²) in [4.78, 5) is 38.1. The van der Waals surface area contributed by atoms with Gasteiger partial charge in [-0.05, 0) is 57.2 Å². The molecule has 1 aliphatic carbocycles. The van der Waals surface area contributed by atoms with Gasteiger partial charge >= 0.3 is 11.9 Å². The Morgan fingerprint density at radius 1 is 1.06 bits per heavy atom. The zero-order valence-corrected chi connectivity index (χ0v) is 19.2. The summed E-state index contributed by atoms with van der Waals surface area (Å²) in [7, 11) is 1.50. The van der Waals surface area contributed by atoms with Crippen LogP contribution in [0.1, 0.15) is 47.5 Å². The van der Waals surface area contributed by atoms with Crippen molar-refractivity contribution >= 4 is 34.2 Å². The first-order valence-electron chi connectivity index (χ1n) is 10.5. The third kappa shape index (κ3) is 6.00. The van der Waals surface area contributed by atoms with Crippen LogP contribution in [0, 0.1) is 0 Å². The lowest BCUT2D eigenvalue weighted by Crippen LogP contribution is -2.24. The highest BCUT2D eigenvalue weighted by molar-refractivity contribution is 7.17. The largest absolute Gasteiger partial charge is 0.493 e. The number of methoxy groups -OCH3 is 1. The first kappa shape index (κ1) is 23.6. The highest BCUT2D eigenvalue weighted by Crippen LogP contribution is 2.38. The minimum absolute atomic E-state index is 0.269. The maximum Gasteiger partial charge on any atom is 0.344 e. The molecule has 9 heteroatoms. The Hall–Kier alpha value is -3.07. The first-order chi connectivity index (χ1) is 15.4. The van der Waals surface area contributed by atoms with Crippen LogP contribution in [0.25, 0.3) is 0 Å². The summed E-state index contributed by atoms with van der Waals surface area (Å²) in [5, 5.41) is 3.15. The Morgan fingerprint density at radius 2 is 1.78 bits per heavy atom. The summed E-state index contributed by atoms with van der Waals surface area (Å²) in [5.41, 5.74) is 1.36. The normalized spacial score (nSPS) is 12.6. The van der Waals surface area contributed by atoms with Gasteiger partial charge in [0.1, 0.15) is 5.00 Å². The predicted molar refractivity (Wildman–Crippen MR) is 120 cm³/mol. The van der Waals surface area contributed by atoms with E-state index < -0.39 is 24.5 Å². The van der Waals surface area contributed by atoms with E-state index in [9.17, 15) is 14.4 Å². The van der Waals surface area contributed by atoms with Gasteiger partial charge in [-0.3, -0.25) is 4.79 Å². The van der Waals surface area contributed by atoms with E-state index in [4.69, 9.17) is 18.9 Å². The molecule has 0 atom stereocenters. The molecule has 1 aliphatic rings. The molecule has 0 fully saturated rings. The predicted octanol–water partition coefficient (Wildman–Crippen LogP) is 3.76. The lowest BCUT2D eigenvalue weighted by molar-refractivity contribution is -0.149. The molecule has 1 aromatic carbocycles. The van der Waals surface area contributed by atoms with Crippen LogP contribution >= 0.6 is 11.3 Å². The molecule has 0 radical (unpaired) electrons. The number of ether oxygens (including phenoxy) is 4. The Labute approximate surface area is 190 Å². The number of hydrogen-bond donors (Lipinski definition) is 1. The highest BCUT2D eigenvalue weighted by Gasteiger charge is 2.28. The van der Waals surface area contributed by atoms with E-state index in [0.29, 0.717) is 22.1 Å². The second-order valence-corrected chi connectivity index (χ2v) is 8.62. The van der Waals surface area contributed by atoms with Crippen LogP contribution in [0.2, 0.25) is 0 Å². The van der Waals surface area contributed by atoms with Gasteiger partial charge < -0.3 is 24.3 Å². The zero-order valence-electron chi connectivity index (χ0n) is 18.4. The summed E-state index contributed by atoms with van der Waals surface area (Å²) in [6.45, 7) is 2.70. The van der Waals surface area contributed by atoms with E-state index in [2.05, 4.69) is 5.32 Å². The van der Waals surface area contributed by atoms with Crippen molar-refractivity contribution in [3.05, 3.63) is 40.3 Å². The number of rotatable bonds is 9. The summed E-state index contributed by atoms with van der Waals surface area (Å²) < 4.78 is 20.9. The molecule has 0 bridgehead atoms. The molecular weight excluding hydrogens is 434 g/mol. The number of carbonyl (C=O) groups excluding carboxylic acids is 3. The molecular formula is C23H27NO7S. The van der Waals surface area contributed by atoms with Crippen LogP contribution in [-0.2, 0) is 31.9 Å². The number of esters is 2. The Bertz CT molecular complexity index is 983. The van der Waals surface area contributed by atoms with Gasteiger partial charge in [0.05, 0.1) is 18.8 Å². The standard InChI is InChI=1S/C23H27NO7S/c1-14(2)31-23(27)21-15-8-4-7-11-18(15)32-22(21)24-19(25)12-30-20(26)13-29-17-10-6-5-9-16(17)28-3/h5-6,9-10,14H,4,7-8,11-13H2,1-3H3,(H,24,25). The van der Waals surface area contributed by atoms with Gasteiger partial charge in [0.25, 0.3) is 5.91 Å². The van der Waals surface area contributed by atoms with Crippen molar-refractivity contribution < 1.29 is 33.3 Å². The highest BCUT2D eigenvalue weighted by atomic mass is 32.1. The van der Waals surface area contributed by atoms with Crippen LogP contribution in [-0.4, -0.2) is 44.3 Å². The molecule has 0 spiro atoms. The summed E-state index contributed by atoms with van der Waals surface area (Å²) >= 11 is 1.38. The molecule has 1 amide bonds. The van der Waals surface area contributed by atoms with Crippen LogP contribution in [0.5, 0.6) is 11.5 Å². The monoisotopic (exact) mass is 461 g/mol. The number of aryl methyl sites for hydroxylation is 1. The third-order valence-corrected chi connectivity index (χ3v) is 5.96. The van der Waals surface area contributed by atoms with Gasteiger partial charge in [-0.15, -0.1) is 11.3 Å². The SMILES string of the molecule is COc1ccccc1OCC(=O)OCC(=O)Nc1sc2c(c1C(=O)OC(C)C)CCCC2. The first-order valence-corrected chi connectivity index (χ1v) is 11.3. The summed E-state index contributed by atoms with van der Waals surface area (Å²) in [6.07, 6.45) is 3.41. The van der Waals surface area contributed by atoms with Gasteiger partial charge in [-0.25, -0.2) is 9.59 Å². The van der Waals surface area contributed by atoms with Crippen molar-refractivity contribution in [1.29, 1.82) is 0 Å². The molecule has 0 aliphatic heterocycles. The van der Waals surface area contributed by atoms with E-state index in [1.807, 2.05) is 0 Å². The van der Waals surface area contributed by atoms with Crippen molar-refractivity contribution in [2.75, 3.05) is 25.6 Å². The van der Waals surface area contributed by atoms with E-state index in [0.717, 1.165) is 36.1 Å². The van der Waals surface area contributed by atoms with Crippen molar-refractivity contribution in [1.82, 2.24) is 0 Å². The fourth-order valence-corrected chi connectivity index (χ4v) is 4.66. The molecule has 1 N–H and O–H groups in total. The average Bonchev–Trinajstić information content (AvgIpc) is 3.13. The molecule has 8 nitrogen and oxygen atoms in total. The smallest absolute Gasteiger partial charge is 0.344 e. The fourth-order valence-electron chi connectivity index (χ4n) is 3.37. The Balaban J connectivity index is 1.58. The number of carbonyl (C=O) groups is 3. The van der Waals surface area contributed by atoms with Crippen molar-refractivity contribution in [2.45, 2.75) is 45.6 Å². The van der Waals surface area contributed by atoms with Crippen LogP contribution in [0.3, 0.4) is 0 Å². The molecule has 2 aromatic rings. The number of anilines is 1. The van der Waals surface area contributed by atoms with Gasteiger partial charge in [0.2, 0.25) is 0 Å². The molecule has 0 unspecified atom stereocenters. The number of amides is 1. The Morgan fingerprint density at radius 3 is 2.50 bits per heavy atom. The molecule has 172 valence electrons. The lowest BCUT2D eigenvalue weighted by atomic mass is 9.95. The molecule has 3 rings (SSSR count). The van der Waals surface area contributed by atoms with Crippen LogP contribution in [0.4, 0.5) is 5.00 Å². The number of benzene rings is 1. The summed E-state index contributed by atoms with van der Waals surface area (Å²) in [6, 6.07) is 6.90. The Kier molecular flexibility index (Phi) is 8.10. The van der Waals surface area contributed by atoms with Crippen LogP contribution in [0.15, 0.2) is 24.3 Å². The topological polar surface area (TPSA) is 100 Å². The van der Waals surface area contributed by atoms with Crippen molar-refractivity contribution in [2.24, 2.45) is 0 Å². The fraction of sp³-hybridized carbons (Fsp3) is 0.435. The molecule has 1 heterocycles. The third-order valence-electron chi connectivity index (χ3n) is 4.75. The van der Waals surface area contributed by atoms with Gasteiger partial charge in [-0.1, -0.05) is 12.1 Å². The molecule has 0 saturated carbocycles. The minimum Gasteiger partial charge on any atom is -0.493 e. The van der Waals surface area contributed by atoms with E-state index in [1.54, 1.807) is 38.1 Å². The lowest BCUT2D eigenvalue weighted by Gasteiger charge is -2.14. The molecule has 0 saturated heterocycles. The maximum absolute atomic E-state index is 12.6. The second-order valence-electron chi connectivity index (χ2n) is 7.52.